The summed E-state index contributed by atoms with van der Waals surface area (Å²) in [5.74, 6) is 0.611. The van der Waals surface area contributed by atoms with Gasteiger partial charge in [-0.25, -0.2) is 0 Å². The first-order valence-corrected chi connectivity index (χ1v) is 6.74. The quantitative estimate of drug-likeness (QED) is 0.790. The molecule has 0 atom stereocenters. The van der Waals surface area contributed by atoms with Crippen molar-refractivity contribution in [3.05, 3.63) is 29.8 Å². The molecule has 0 radical (unpaired) electrons. The lowest BCUT2D eigenvalue weighted by Crippen LogP contribution is -2.46. The van der Waals surface area contributed by atoms with Crippen molar-refractivity contribution in [1.82, 2.24) is 4.90 Å². The molecule has 0 aromatic heterocycles. The van der Waals surface area contributed by atoms with Crippen LogP contribution < -0.4 is 4.90 Å². The van der Waals surface area contributed by atoms with Crippen LogP contribution in [-0.4, -0.2) is 43.5 Å². The SMILES string of the molecule is FC(F)(F)c1ccc(N2CCN(CCCl)CC2)cc1. The maximum Gasteiger partial charge on any atom is 0.416 e. The van der Waals surface area contributed by atoms with E-state index in [4.69, 9.17) is 11.6 Å². The largest absolute Gasteiger partial charge is 0.416 e. The Labute approximate surface area is 115 Å². The fourth-order valence-electron chi connectivity index (χ4n) is 2.21. The Morgan fingerprint density at radius 3 is 2.05 bits per heavy atom. The van der Waals surface area contributed by atoms with Crippen LogP contribution in [0.4, 0.5) is 18.9 Å². The Bertz CT molecular complexity index is 397. The van der Waals surface area contributed by atoms with Crippen molar-refractivity contribution < 1.29 is 13.2 Å². The predicted octanol–water partition coefficient (Wildman–Crippen LogP) is 3.07. The van der Waals surface area contributed by atoms with Gasteiger partial charge in [-0.2, -0.15) is 13.2 Å². The third kappa shape index (κ3) is 3.76. The molecule has 2 nitrogen and oxygen atoms in total. The number of nitrogens with zero attached hydrogens (tertiary/aromatic N) is 2. The second-order valence-electron chi connectivity index (χ2n) is 4.56. The van der Waals surface area contributed by atoms with Crippen LogP contribution in [0.3, 0.4) is 0 Å². The lowest BCUT2D eigenvalue weighted by atomic mass is 10.1. The van der Waals surface area contributed by atoms with Crippen LogP contribution in [0.1, 0.15) is 5.56 Å². The summed E-state index contributed by atoms with van der Waals surface area (Å²) >= 11 is 5.69. The minimum absolute atomic E-state index is 0.600. The van der Waals surface area contributed by atoms with Crippen LogP contribution in [0, 0.1) is 0 Å². The first kappa shape index (κ1) is 14.5. The predicted molar refractivity (Wildman–Crippen MR) is 70.8 cm³/mol. The zero-order valence-corrected chi connectivity index (χ0v) is 11.2. The van der Waals surface area contributed by atoms with E-state index in [0.29, 0.717) is 5.88 Å². The summed E-state index contributed by atoms with van der Waals surface area (Å²) < 4.78 is 37.4. The van der Waals surface area contributed by atoms with E-state index in [0.717, 1.165) is 50.5 Å². The number of hydrogen-bond acceptors (Lipinski definition) is 2. The number of alkyl halides is 4. The zero-order chi connectivity index (χ0) is 13.9. The van der Waals surface area contributed by atoms with Crippen molar-refractivity contribution in [3.8, 4) is 0 Å². The van der Waals surface area contributed by atoms with Crippen molar-refractivity contribution >= 4 is 17.3 Å². The van der Waals surface area contributed by atoms with Gasteiger partial charge in [0, 0.05) is 44.3 Å². The van der Waals surface area contributed by atoms with Crippen LogP contribution in [0.2, 0.25) is 0 Å². The smallest absolute Gasteiger partial charge is 0.369 e. The Balaban J connectivity index is 1.97. The van der Waals surface area contributed by atoms with Crippen LogP contribution in [0.15, 0.2) is 24.3 Å². The Morgan fingerprint density at radius 2 is 1.58 bits per heavy atom. The normalized spacial score (nSPS) is 17.8. The highest BCUT2D eigenvalue weighted by Crippen LogP contribution is 2.30. The van der Waals surface area contributed by atoms with Crippen molar-refractivity contribution in [1.29, 1.82) is 0 Å². The third-order valence-corrected chi connectivity index (χ3v) is 3.50. The molecule has 0 bridgehead atoms. The van der Waals surface area contributed by atoms with Gasteiger partial charge in [0.1, 0.15) is 0 Å². The fraction of sp³-hybridized carbons (Fsp3) is 0.538. The number of anilines is 1. The lowest BCUT2D eigenvalue weighted by Gasteiger charge is -2.35. The summed E-state index contributed by atoms with van der Waals surface area (Å²) in [5, 5.41) is 0. The van der Waals surface area contributed by atoms with Crippen molar-refractivity contribution in [2.75, 3.05) is 43.5 Å². The molecule has 0 spiro atoms. The molecule has 106 valence electrons. The maximum atomic E-state index is 12.5. The molecule has 2 rings (SSSR count). The summed E-state index contributed by atoms with van der Waals surface area (Å²) in [6, 6.07) is 5.36. The summed E-state index contributed by atoms with van der Waals surface area (Å²) in [6.07, 6.45) is -4.27. The molecule has 1 saturated heterocycles. The van der Waals surface area contributed by atoms with Gasteiger partial charge < -0.3 is 4.90 Å². The molecule has 1 aliphatic heterocycles. The third-order valence-electron chi connectivity index (χ3n) is 3.33. The molecule has 1 aromatic rings. The second-order valence-corrected chi connectivity index (χ2v) is 4.94. The minimum Gasteiger partial charge on any atom is -0.369 e. The first-order valence-electron chi connectivity index (χ1n) is 6.21. The van der Waals surface area contributed by atoms with E-state index in [-0.39, 0.29) is 0 Å². The molecule has 1 aliphatic rings. The van der Waals surface area contributed by atoms with Gasteiger partial charge in [-0.1, -0.05) is 0 Å². The molecule has 0 aliphatic carbocycles. The average molecular weight is 293 g/mol. The molecular formula is C13H16ClF3N2. The van der Waals surface area contributed by atoms with Crippen molar-refractivity contribution in [2.24, 2.45) is 0 Å². The summed E-state index contributed by atoms with van der Waals surface area (Å²) in [6.45, 7) is 4.30. The molecule has 1 heterocycles. The van der Waals surface area contributed by atoms with E-state index >= 15 is 0 Å². The minimum atomic E-state index is -4.27. The van der Waals surface area contributed by atoms with Gasteiger partial charge in [0.05, 0.1) is 5.56 Å². The second kappa shape index (κ2) is 6.01. The molecule has 1 fully saturated rings. The van der Waals surface area contributed by atoms with Crippen LogP contribution >= 0.6 is 11.6 Å². The highest BCUT2D eigenvalue weighted by atomic mass is 35.5. The van der Waals surface area contributed by atoms with Gasteiger partial charge in [0.2, 0.25) is 0 Å². The van der Waals surface area contributed by atoms with Crippen LogP contribution in [-0.2, 0) is 6.18 Å². The van der Waals surface area contributed by atoms with Crippen molar-refractivity contribution in [3.63, 3.8) is 0 Å². The zero-order valence-electron chi connectivity index (χ0n) is 10.5. The molecule has 19 heavy (non-hydrogen) atoms. The number of benzene rings is 1. The Morgan fingerprint density at radius 1 is 1.00 bits per heavy atom. The Hall–Kier alpha value is -0.940. The monoisotopic (exact) mass is 292 g/mol. The van der Waals surface area contributed by atoms with Gasteiger partial charge in [0.25, 0.3) is 0 Å². The van der Waals surface area contributed by atoms with Crippen LogP contribution in [0.5, 0.6) is 0 Å². The average Bonchev–Trinajstić information content (AvgIpc) is 2.39. The van der Waals surface area contributed by atoms with Gasteiger partial charge in [-0.05, 0) is 24.3 Å². The molecule has 6 heteroatoms. The van der Waals surface area contributed by atoms with E-state index in [9.17, 15) is 13.2 Å². The number of rotatable bonds is 3. The molecule has 0 N–H and O–H groups in total. The fourth-order valence-corrected chi connectivity index (χ4v) is 2.45. The number of piperazine rings is 1. The molecule has 0 saturated carbocycles. The lowest BCUT2D eigenvalue weighted by molar-refractivity contribution is -0.137. The topological polar surface area (TPSA) is 6.48 Å². The Kier molecular flexibility index (Phi) is 4.58. The van der Waals surface area contributed by atoms with Crippen molar-refractivity contribution in [2.45, 2.75) is 6.18 Å². The standard InChI is InChI=1S/C13H16ClF3N2/c14-5-6-18-7-9-19(10-8-18)12-3-1-11(2-4-12)13(15,16)17/h1-4H,5-10H2. The number of hydrogen-bond donors (Lipinski definition) is 0. The van der Waals surface area contributed by atoms with Gasteiger partial charge in [-0.3, -0.25) is 4.90 Å². The van der Waals surface area contributed by atoms with Crippen LogP contribution in [0.25, 0.3) is 0 Å². The molecule has 0 unspecified atom stereocenters. The van der Waals surface area contributed by atoms with Gasteiger partial charge in [-0.15, -0.1) is 11.6 Å². The molecule has 1 aromatic carbocycles. The molecule has 0 amide bonds. The highest BCUT2D eigenvalue weighted by molar-refractivity contribution is 6.18. The van der Waals surface area contributed by atoms with E-state index in [2.05, 4.69) is 9.80 Å². The highest BCUT2D eigenvalue weighted by Gasteiger charge is 2.30. The summed E-state index contributed by atoms with van der Waals surface area (Å²) in [4.78, 5) is 4.36. The number of halogens is 4. The first-order chi connectivity index (χ1) is 9.00. The maximum absolute atomic E-state index is 12.5. The van der Waals surface area contributed by atoms with Gasteiger partial charge in [0.15, 0.2) is 0 Å². The van der Waals surface area contributed by atoms with E-state index < -0.39 is 11.7 Å². The van der Waals surface area contributed by atoms with Gasteiger partial charge >= 0.3 is 6.18 Å². The van der Waals surface area contributed by atoms with E-state index in [1.165, 1.54) is 0 Å². The van der Waals surface area contributed by atoms with E-state index in [1.807, 2.05) is 0 Å². The summed E-state index contributed by atoms with van der Waals surface area (Å²) in [5.41, 5.74) is 0.246. The van der Waals surface area contributed by atoms with E-state index in [1.54, 1.807) is 12.1 Å². The molecular weight excluding hydrogens is 277 g/mol. The summed E-state index contributed by atoms with van der Waals surface area (Å²) in [7, 11) is 0.